The minimum absolute atomic E-state index is 0.0771. The Kier molecular flexibility index (Phi) is 4.12. The number of nitrogens with one attached hydrogen (secondary N) is 2. The number of aromatic nitrogens is 2. The van der Waals surface area contributed by atoms with Crippen molar-refractivity contribution in [2.45, 2.75) is 26.4 Å². The summed E-state index contributed by atoms with van der Waals surface area (Å²) in [6.07, 6.45) is 0.807. The highest BCUT2D eigenvalue weighted by Gasteiger charge is 2.22. The molecule has 23 heavy (non-hydrogen) atoms. The second-order valence-corrected chi connectivity index (χ2v) is 5.59. The summed E-state index contributed by atoms with van der Waals surface area (Å²) in [5.74, 6) is -0.530. The molecule has 1 aliphatic rings. The third-order valence-electron chi connectivity index (χ3n) is 3.77. The highest BCUT2D eigenvalue weighted by Crippen LogP contribution is 2.29. The van der Waals surface area contributed by atoms with Crippen molar-refractivity contribution in [3.05, 3.63) is 35.5 Å². The monoisotopic (exact) mass is 313 g/mol. The van der Waals surface area contributed by atoms with Gasteiger partial charge in [-0.1, -0.05) is 12.1 Å². The molecule has 1 aliphatic heterocycles. The number of amides is 2. The lowest BCUT2D eigenvalue weighted by Crippen LogP contribution is -2.27. The summed E-state index contributed by atoms with van der Waals surface area (Å²) in [4.78, 5) is 22.5. The molecule has 0 atom stereocenters. The van der Waals surface area contributed by atoms with E-state index >= 15 is 0 Å². The summed E-state index contributed by atoms with van der Waals surface area (Å²) in [6.45, 7) is 3.10. The lowest BCUT2D eigenvalue weighted by atomic mass is 10.0. The van der Waals surface area contributed by atoms with Crippen LogP contribution in [0.2, 0.25) is 0 Å². The number of primary amides is 1. The Morgan fingerprint density at radius 2 is 2.26 bits per heavy atom. The van der Waals surface area contributed by atoms with Gasteiger partial charge < -0.3 is 16.4 Å². The number of hydrogen-bond acceptors (Lipinski definition) is 4. The van der Waals surface area contributed by atoms with Crippen LogP contribution in [0.3, 0.4) is 0 Å². The van der Waals surface area contributed by atoms with Crippen LogP contribution in [0.4, 0.5) is 5.69 Å². The first-order valence-corrected chi connectivity index (χ1v) is 7.50. The summed E-state index contributed by atoms with van der Waals surface area (Å²) < 4.78 is 1.69. The van der Waals surface area contributed by atoms with E-state index in [1.807, 2.05) is 24.3 Å². The first-order valence-electron chi connectivity index (χ1n) is 7.50. The first kappa shape index (κ1) is 15.2. The molecule has 0 saturated carbocycles. The molecule has 7 heteroatoms. The molecule has 0 bridgehead atoms. The van der Waals surface area contributed by atoms with Crippen molar-refractivity contribution in [3.8, 4) is 11.3 Å². The van der Waals surface area contributed by atoms with Gasteiger partial charge in [0.2, 0.25) is 11.8 Å². The van der Waals surface area contributed by atoms with E-state index in [4.69, 9.17) is 5.73 Å². The number of carbonyl (C=O) groups is 2. The van der Waals surface area contributed by atoms with Gasteiger partial charge >= 0.3 is 0 Å². The van der Waals surface area contributed by atoms with Crippen molar-refractivity contribution >= 4 is 17.5 Å². The number of carbonyl (C=O) groups excluding carboxylic acids is 2. The lowest BCUT2D eigenvalue weighted by Gasteiger charge is -2.15. The average molecular weight is 313 g/mol. The van der Waals surface area contributed by atoms with Gasteiger partial charge in [-0.3, -0.25) is 14.3 Å². The Hall–Kier alpha value is -2.67. The smallest absolute Gasteiger partial charge is 0.239 e. The van der Waals surface area contributed by atoms with E-state index in [1.165, 1.54) is 6.92 Å². The molecule has 0 spiro atoms. The second kappa shape index (κ2) is 6.21. The zero-order valence-corrected chi connectivity index (χ0v) is 12.9. The van der Waals surface area contributed by atoms with Crippen LogP contribution < -0.4 is 16.4 Å². The molecule has 0 radical (unpaired) electrons. The number of nitrogens with zero attached hydrogens (tertiary/aromatic N) is 2. The Morgan fingerprint density at radius 3 is 3.00 bits per heavy atom. The molecule has 2 heterocycles. The third-order valence-corrected chi connectivity index (χ3v) is 3.77. The fraction of sp³-hybridized carbons (Fsp3) is 0.312. The zero-order valence-electron chi connectivity index (χ0n) is 12.9. The molecule has 2 aromatic rings. The van der Waals surface area contributed by atoms with Gasteiger partial charge in [0.15, 0.2) is 0 Å². The Morgan fingerprint density at radius 1 is 1.43 bits per heavy atom. The molecule has 120 valence electrons. The van der Waals surface area contributed by atoms with Crippen molar-refractivity contribution in [2.24, 2.45) is 5.73 Å². The van der Waals surface area contributed by atoms with Crippen LogP contribution in [-0.2, 0) is 29.1 Å². The van der Waals surface area contributed by atoms with Crippen LogP contribution in [0.1, 0.15) is 18.2 Å². The van der Waals surface area contributed by atoms with Crippen LogP contribution in [0.5, 0.6) is 0 Å². The normalized spacial score (nSPS) is 13.4. The Balaban J connectivity index is 2.04. The summed E-state index contributed by atoms with van der Waals surface area (Å²) >= 11 is 0. The van der Waals surface area contributed by atoms with E-state index in [2.05, 4.69) is 15.7 Å². The average Bonchev–Trinajstić information content (AvgIpc) is 2.85. The fourth-order valence-electron chi connectivity index (χ4n) is 2.88. The molecule has 0 saturated heterocycles. The number of benzene rings is 1. The van der Waals surface area contributed by atoms with E-state index in [1.54, 1.807) is 4.68 Å². The number of fused-ring (bicyclic) bond motifs is 1. The summed E-state index contributed by atoms with van der Waals surface area (Å²) in [5.41, 5.74) is 9.89. The predicted molar refractivity (Wildman–Crippen MR) is 86.6 cm³/mol. The SMILES string of the molecule is CC(=O)Nc1cccc(-c2nn(CC(N)=O)c3c2CNCC3)c1. The largest absolute Gasteiger partial charge is 0.368 e. The summed E-state index contributed by atoms with van der Waals surface area (Å²) in [7, 11) is 0. The fourth-order valence-corrected chi connectivity index (χ4v) is 2.88. The van der Waals surface area contributed by atoms with Gasteiger partial charge in [0.05, 0.1) is 5.69 Å². The summed E-state index contributed by atoms with van der Waals surface area (Å²) in [6, 6.07) is 7.52. The quantitative estimate of drug-likeness (QED) is 0.771. The van der Waals surface area contributed by atoms with Gasteiger partial charge in [-0.2, -0.15) is 5.10 Å². The molecule has 3 rings (SSSR count). The predicted octanol–water partition coefficient (Wildman–Crippen LogP) is 0.639. The number of rotatable bonds is 4. The highest BCUT2D eigenvalue weighted by atomic mass is 16.1. The molecular formula is C16H19N5O2. The van der Waals surface area contributed by atoms with Gasteiger partial charge in [0.1, 0.15) is 6.54 Å². The third kappa shape index (κ3) is 3.24. The number of hydrogen-bond donors (Lipinski definition) is 3. The maximum atomic E-state index is 11.3. The zero-order chi connectivity index (χ0) is 16.4. The number of nitrogens with two attached hydrogens (primary N) is 1. The van der Waals surface area contributed by atoms with Gasteiger partial charge in [-0.05, 0) is 12.1 Å². The van der Waals surface area contributed by atoms with E-state index in [0.717, 1.165) is 41.2 Å². The van der Waals surface area contributed by atoms with Crippen LogP contribution in [0, 0.1) is 0 Å². The lowest BCUT2D eigenvalue weighted by molar-refractivity contribution is -0.118. The van der Waals surface area contributed by atoms with Crippen molar-refractivity contribution in [1.82, 2.24) is 15.1 Å². The molecule has 1 aromatic carbocycles. The van der Waals surface area contributed by atoms with E-state index < -0.39 is 5.91 Å². The second-order valence-electron chi connectivity index (χ2n) is 5.59. The standard InChI is InChI=1S/C16H19N5O2/c1-10(22)19-12-4-2-3-11(7-12)16-13-8-18-6-5-14(13)21(20-16)9-15(17)23/h2-4,7,18H,5-6,8-9H2,1H3,(H2,17,23)(H,19,22). The topological polar surface area (TPSA) is 102 Å². The van der Waals surface area contributed by atoms with E-state index in [9.17, 15) is 9.59 Å². The van der Waals surface area contributed by atoms with Gasteiger partial charge in [-0.25, -0.2) is 0 Å². The highest BCUT2D eigenvalue weighted by molar-refractivity contribution is 5.89. The van der Waals surface area contributed by atoms with Crippen LogP contribution in [-0.4, -0.2) is 28.1 Å². The van der Waals surface area contributed by atoms with Gasteiger partial charge in [0, 0.05) is 48.9 Å². The first-order chi connectivity index (χ1) is 11.0. The molecule has 2 amide bonds. The molecule has 1 aromatic heterocycles. The van der Waals surface area contributed by atoms with Crippen molar-refractivity contribution in [2.75, 3.05) is 11.9 Å². The molecule has 0 aliphatic carbocycles. The minimum atomic E-state index is -0.410. The van der Waals surface area contributed by atoms with Gasteiger partial charge in [-0.15, -0.1) is 0 Å². The Bertz CT molecular complexity index is 766. The van der Waals surface area contributed by atoms with Crippen molar-refractivity contribution < 1.29 is 9.59 Å². The maximum Gasteiger partial charge on any atom is 0.239 e. The van der Waals surface area contributed by atoms with Crippen molar-refractivity contribution in [3.63, 3.8) is 0 Å². The number of anilines is 1. The Labute approximate surface area is 133 Å². The van der Waals surface area contributed by atoms with Crippen LogP contribution in [0.15, 0.2) is 24.3 Å². The molecule has 7 nitrogen and oxygen atoms in total. The van der Waals surface area contributed by atoms with Gasteiger partial charge in [0.25, 0.3) is 0 Å². The van der Waals surface area contributed by atoms with Crippen LogP contribution >= 0.6 is 0 Å². The maximum absolute atomic E-state index is 11.3. The van der Waals surface area contributed by atoms with E-state index in [0.29, 0.717) is 6.54 Å². The minimum Gasteiger partial charge on any atom is -0.368 e. The molecule has 0 fully saturated rings. The van der Waals surface area contributed by atoms with E-state index in [-0.39, 0.29) is 12.5 Å². The van der Waals surface area contributed by atoms with Crippen molar-refractivity contribution in [1.29, 1.82) is 0 Å². The molecular weight excluding hydrogens is 294 g/mol. The molecule has 4 N–H and O–H groups in total. The molecule has 0 unspecified atom stereocenters. The van der Waals surface area contributed by atoms with Crippen LogP contribution in [0.25, 0.3) is 11.3 Å². The summed E-state index contributed by atoms with van der Waals surface area (Å²) in [5, 5.41) is 10.7.